The SMILES string of the molecule is Cc1c2ccccc2cc2ccc3c(c12)[C@@H]1S[C@@H]1[C@H](O)[C@H]3O. The van der Waals surface area contributed by atoms with E-state index in [2.05, 4.69) is 43.3 Å². The van der Waals surface area contributed by atoms with Gasteiger partial charge in [-0.05, 0) is 51.2 Å². The van der Waals surface area contributed by atoms with Crippen LogP contribution >= 0.6 is 11.8 Å². The Labute approximate surface area is 132 Å². The molecule has 22 heavy (non-hydrogen) atoms. The number of hydrogen-bond acceptors (Lipinski definition) is 3. The van der Waals surface area contributed by atoms with Crippen LogP contribution in [0.1, 0.15) is 28.0 Å². The van der Waals surface area contributed by atoms with Gasteiger partial charge in [0.05, 0.1) is 11.4 Å². The Bertz CT molecular complexity index is 934. The minimum atomic E-state index is -0.762. The standard InChI is InChI=1S/C19H16O2S/c1-9-12-5-3-2-4-10(12)8-11-6-7-13-15(14(9)11)18-19(22-18)17(21)16(13)20/h2-8,16-21H,1H3/t16-,17+,18-,19+/m0/s1. The summed E-state index contributed by atoms with van der Waals surface area (Å²) < 4.78 is 0. The van der Waals surface area contributed by atoms with E-state index in [1.807, 2.05) is 6.07 Å². The van der Waals surface area contributed by atoms with E-state index < -0.39 is 12.2 Å². The molecular weight excluding hydrogens is 292 g/mol. The highest BCUT2D eigenvalue weighted by Crippen LogP contribution is 2.64. The first-order chi connectivity index (χ1) is 10.7. The van der Waals surface area contributed by atoms with Crippen LogP contribution in [0.5, 0.6) is 0 Å². The molecule has 0 aromatic heterocycles. The van der Waals surface area contributed by atoms with Crippen molar-refractivity contribution in [3.8, 4) is 0 Å². The summed E-state index contributed by atoms with van der Waals surface area (Å²) in [5.74, 6) is 0. The molecule has 0 spiro atoms. The Morgan fingerprint density at radius 2 is 1.82 bits per heavy atom. The average molecular weight is 308 g/mol. The first kappa shape index (κ1) is 12.9. The Balaban J connectivity index is 1.93. The van der Waals surface area contributed by atoms with Crippen molar-refractivity contribution in [2.75, 3.05) is 0 Å². The van der Waals surface area contributed by atoms with Gasteiger partial charge in [-0.1, -0.05) is 36.4 Å². The van der Waals surface area contributed by atoms with Crippen LogP contribution in [0, 0.1) is 6.92 Å². The lowest BCUT2D eigenvalue weighted by molar-refractivity contribution is 0.0163. The van der Waals surface area contributed by atoms with Crippen LogP contribution in [0.4, 0.5) is 0 Å². The van der Waals surface area contributed by atoms with E-state index in [4.69, 9.17) is 0 Å². The Morgan fingerprint density at radius 1 is 1.00 bits per heavy atom. The lowest BCUT2D eigenvalue weighted by Crippen LogP contribution is -2.28. The molecule has 0 bridgehead atoms. The van der Waals surface area contributed by atoms with E-state index >= 15 is 0 Å². The maximum absolute atomic E-state index is 10.4. The van der Waals surface area contributed by atoms with Crippen molar-refractivity contribution in [1.29, 1.82) is 0 Å². The van der Waals surface area contributed by atoms with E-state index in [-0.39, 0.29) is 5.25 Å². The van der Waals surface area contributed by atoms with Gasteiger partial charge in [0.1, 0.15) is 6.10 Å². The summed E-state index contributed by atoms with van der Waals surface area (Å²) >= 11 is 1.77. The zero-order chi connectivity index (χ0) is 15.0. The van der Waals surface area contributed by atoms with Crippen molar-refractivity contribution in [2.45, 2.75) is 29.6 Å². The van der Waals surface area contributed by atoms with Gasteiger partial charge >= 0.3 is 0 Å². The molecule has 0 saturated carbocycles. The zero-order valence-electron chi connectivity index (χ0n) is 12.2. The molecular formula is C19H16O2S. The van der Waals surface area contributed by atoms with Gasteiger partial charge in [0, 0.05) is 5.25 Å². The Hall–Kier alpha value is -1.55. The summed E-state index contributed by atoms with van der Waals surface area (Å²) in [5, 5.41) is 26.1. The number of benzene rings is 3. The molecule has 0 amide bonds. The Kier molecular flexibility index (Phi) is 2.50. The molecule has 1 fully saturated rings. The van der Waals surface area contributed by atoms with Gasteiger partial charge in [-0.25, -0.2) is 0 Å². The third-order valence-corrected chi connectivity index (χ3v) is 6.52. The van der Waals surface area contributed by atoms with Crippen molar-refractivity contribution in [3.05, 3.63) is 59.2 Å². The molecule has 110 valence electrons. The Morgan fingerprint density at radius 3 is 2.68 bits per heavy atom. The number of aliphatic hydroxyl groups excluding tert-OH is 2. The molecule has 4 atom stereocenters. The highest BCUT2D eigenvalue weighted by atomic mass is 32.2. The number of hydrogen-bond donors (Lipinski definition) is 2. The van der Waals surface area contributed by atoms with Gasteiger partial charge in [0.2, 0.25) is 0 Å². The summed E-state index contributed by atoms with van der Waals surface area (Å²) in [5.41, 5.74) is 3.43. The minimum Gasteiger partial charge on any atom is -0.389 e. The molecule has 1 aliphatic carbocycles. The molecule has 3 aromatic rings. The van der Waals surface area contributed by atoms with E-state index in [0.29, 0.717) is 5.25 Å². The van der Waals surface area contributed by atoms with Crippen LogP contribution in [0.2, 0.25) is 0 Å². The summed E-state index contributed by atoms with van der Waals surface area (Å²) in [4.78, 5) is 0. The zero-order valence-corrected chi connectivity index (χ0v) is 13.0. The van der Waals surface area contributed by atoms with Crippen LogP contribution in [0.25, 0.3) is 21.5 Å². The summed E-state index contributed by atoms with van der Waals surface area (Å²) in [7, 11) is 0. The van der Waals surface area contributed by atoms with Gasteiger partial charge in [-0.3, -0.25) is 0 Å². The third kappa shape index (κ3) is 1.54. The van der Waals surface area contributed by atoms with Crippen molar-refractivity contribution < 1.29 is 10.2 Å². The van der Waals surface area contributed by atoms with Gasteiger partial charge in [0.15, 0.2) is 0 Å². The second-order valence-corrected chi connectivity index (χ2v) is 7.67. The van der Waals surface area contributed by atoms with Gasteiger partial charge < -0.3 is 10.2 Å². The highest BCUT2D eigenvalue weighted by Gasteiger charge is 2.53. The second kappa shape index (κ2) is 4.25. The minimum absolute atomic E-state index is 0.152. The number of rotatable bonds is 0. The van der Waals surface area contributed by atoms with Gasteiger partial charge in [-0.15, -0.1) is 11.8 Å². The molecule has 2 aliphatic rings. The monoisotopic (exact) mass is 308 g/mol. The van der Waals surface area contributed by atoms with E-state index in [1.54, 1.807) is 11.8 Å². The maximum Gasteiger partial charge on any atom is 0.106 e. The lowest BCUT2D eigenvalue weighted by Gasteiger charge is -2.26. The quantitative estimate of drug-likeness (QED) is 0.489. The molecule has 0 radical (unpaired) electrons. The van der Waals surface area contributed by atoms with E-state index in [1.165, 1.54) is 32.7 Å². The first-order valence-corrected chi connectivity index (χ1v) is 8.57. The molecule has 1 aliphatic heterocycles. The number of thioether (sulfide) groups is 1. The smallest absolute Gasteiger partial charge is 0.106 e. The first-order valence-electron chi connectivity index (χ1n) is 7.63. The van der Waals surface area contributed by atoms with Crippen LogP contribution in [-0.2, 0) is 0 Å². The fourth-order valence-electron chi connectivity index (χ4n) is 4.00. The number of fused-ring (bicyclic) bond motifs is 6. The third-order valence-electron chi connectivity index (χ3n) is 5.15. The van der Waals surface area contributed by atoms with Crippen LogP contribution in [0.3, 0.4) is 0 Å². The lowest BCUT2D eigenvalue weighted by atomic mass is 9.82. The summed E-state index contributed by atoms with van der Waals surface area (Å²) in [6, 6.07) is 14.8. The molecule has 3 heteroatoms. The van der Waals surface area contributed by atoms with Crippen LogP contribution in [-0.4, -0.2) is 21.6 Å². The normalized spacial score (nSPS) is 29.4. The highest BCUT2D eigenvalue weighted by molar-refractivity contribution is 8.07. The molecule has 1 heterocycles. The number of aliphatic hydroxyl groups is 2. The van der Waals surface area contributed by atoms with Crippen molar-refractivity contribution in [1.82, 2.24) is 0 Å². The van der Waals surface area contributed by atoms with Gasteiger partial charge in [-0.2, -0.15) is 0 Å². The molecule has 3 aromatic carbocycles. The van der Waals surface area contributed by atoms with Crippen molar-refractivity contribution in [3.63, 3.8) is 0 Å². The number of aryl methyl sites for hydroxylation is 1. The molecule has 2 nitrogen and oxygen atoms in total. The van der Waals surface area contributed by atoms with E-state index in [9.17, 15) is 10.2 Å². The molecule has 1 saturated heterocycles. The molecule has 2 N–H and O–H groups in total. The fraction of sp³-hybridized carbons (Fsp3) is 0.263. The van der Waals surface area contributed by atoms with Gasteiger partial charge in [0.25, 0.3) is 0 Å². The maximum atomic E-state index is 10.4. The summed E-state index contributed by atoms with van der Waals surface area (Å²) in [6.45, 7) is 2.17. The topological polar surface area (TPSA) is 40.5 Å². The van der Waals surface area contributed by atoms with Crippen LogP contribution < -0.4 is 0 Å². The second-order valence-electron chi connectivity index (χ2n) is 6.35. The summed E-state index contributed by atoms with van der Waals surface area (Å²) in [6.07, 6.45) is -1.40. The van der Waals surface area contributed by atoms with Crippen LogP contribution in [0.15, 0.2) is 42.5 Å². The van der Waals surface area contributed by atoms with Crippen molar-refractivity contribution in [2.24, 2.45) is 0 Å². The molecule has 0 unspecified atom stereocenters. The molecule has 5 rings (SSSR count). The average Bonchev–Trinajstić information content (AvgIpc) is 3.33. The predicted molar refractivity (Wildman–Crippen MR) is 91.3 cm³/mol. The fourth-order valence-corrected chi connectivity index (χ4v) is 5.25. The largest absolute Gasteiger partial charge is 0.389 e. The predicted octanol–water partition coefficient (Wildman–Crippen LogP) is 3.87. The van der Waals surface area contributed by atoms with E-state index in [0.717, 1.165) is 5.56 Å². The van der Waals surface area contributed by atoms with Crippen molar-refractivity contribution >= 4 is 33.3 Å².